The summed E-state index contributed by atoms with van der Waals surface area (Å²) in [5.74, 6) is -0.539. The van der Waals surface area contributed by atoms with Gasteiger partial charge in [0, 0.05) is 36.8 Å². The molecule has 0 amide bonds. The van der Waals surface area contributed by atoms with Crippen LogP contribution in [0.3, 0.4) is 0 Å². The predicted molar refractivity (Wildman–Crippen MR) is 78.6 cm³/mol. The fourth-order valence-electron chi connectivity index (χ4n) is 2.34. The lowest BCUT2D eigenvalue weighted by Gasteiger charge is -2.36. The molecule has 120 valence electrons. The lowest BCUT2D eigenvalue weighted by Crippen LogP contribution is -2.49. The van der Waals surface area contributed by atoms with Crippen LogP contribution in [-0.2, 0) is 0 Å². The highest BCUT2D eigenvalue weighted by atomic mass is 35.5. The zero-order valence-electron chi connectivity index (χ0n) is 10.8. The van der Waals surface area contributed by atoms with Gasteiger partial charge < -0.3 is 10.4 Å². The van der Waals surface area contributed by atoms with Gasteiger partial charge in [-0.25, -0.2) is 0 Å². The molecule has 2 N–H and O–H groups in total. The Morgan fingerprint density at radius 2 is 1.76 bits per heavy atom. The maximum absolute atomic E-state index is 13.4. The summed E-state index contributed by atoms with van der Waals surface area (Å²) in [4.78, 5) is 1.26. The van der Waals surface area contributed by atoms with Crippen LogP contribution in [0, 0.1) is 0 Å². The standard InChI is InChI=1S/C12H13Cl2F3N2O.ClH/c13-7-5-8(14)10(9(20)6-7)11(12(15,16)17)19-3-1-18-2-4-19;/h5-6,11,18,20H,1-4H2;1H/t11-;/m0./s1. The van der Waals surface area contributed by atoms with E-state index in [0.29, 0.717) is 13.1 Å². The summed E-state index contributed by atoms with van der Waals surface area (Å²) in [7, 11) is 0. The molecule has 0 bridgehead atoms. The van der Waals surface area contributed by atoms with Crippen molar-refractivity contribution < 1.29 is 18.3 Å². The number of phenols is 1. The van der Waals surface area contributed by atoms with Crippen LogP contribution in [-0.4, -0.2) is 42.4 Å². The van der Waals surface area contributed by atoms with Gasteiger partial charge in [0.25, 0.3) is 0 Å². The Bertz CT molecular complexity index is 470. The van der Waals surface area contributed by atoms with Crippen LogP contribution >= 0.6 is 35.6 Å². The first-order valence-electron chi connectivity index (χ1n) is 6.00. The van der Waals surface area contributed by atoms with E-state index in [1.54, 1.807) is 0 Å². The first-order valence-corrected chi connectivity index (χ1v) is 6.75. The Labute approximate surface area is 136 Å². The number of hydrogen-bond donors (Lipinski definition) is 2. The number of aromatic hydroxyl groups is 1. The van der Waals surface area contributed by atoms with Crippen LogP contribution in [0.2, 0.25) is 10.0 Å². The summed E-state index contributed by atoms with van der Waals surface area (Å²) in [6.07, 6.45) is -4.54. The van der Waals surface area contributed by atoms with Crippen LogP contribution in [0.4, 0.5) is 13.2 Å². The number of piperazine rings is 1. The molecule has 1 aromatic carbocycles. The Balaban J connectivity index is 0.00000220. The van der Waals surface area contributed by atoms with E-state index in [9.17, 15) is 18.3 Å². The van der Waals surface area contributed by atoms with Gasteiger partial charge in [0.15, 0.2) is 0 Å². The average molecular weight is 366 g/mol. The van der Waals surface area contributed by atoms with Gasteiger partial charge in [-0.3, -0.25) is 4.90 Å². The number of nitrogens with one attached hydrogen (secondary N) is 1. The molecular weight excluding hydrogens is 351 g/mol. The summed E-state index contributed by atoms with van der Waals surface area (Å²) >= 11 is 11.5. The lowest BCUT2D eigenvalue weighted by atomic mass is 10.0. The summed E-state index contributed by atoms with van der Waals surface area (Å²) < 4.78 is 40.2. The van der Waals surface area contributed by atoms with Crippen molar-refractivity contribution in [3.05, 3.63) is 27.7 Å². The molecule has 3 nitrogen and oxygen atoms in total. The molecule has 9 heteroatoms. The Kier molecular flexibility index (Phi) is 6.43. The van der Waals surface area contributed by atoms with Gasteiger partial charge in [0.05, 0.1) is 5.02 Å². The normalized spacial score (nSPS) is 18.1. The first-order chi connectivity index (χ1) is 9.30. The van der Waals surface area contributed by atoms with Crippen molar-refractivity contribution in [2.75, 3.05) is 26.2 Å². The van der Waals surface area contributed by atoms with Gasteiger partial charge in [-0.05, 0) is 12.1 Å². The number of halogens is 6. The van der Waals surface area contributed by atoms with Crippen LogP contribution < -0.4 is 5.32 Å². The second-order valence-corrected chi connectivity index (χ2v) is 5.39. The van der Waals surface area contributed by atoms with Crippen molar-refractivity contribution in [3.8, 4) is 5.75 Å². The minimum Gasteiger partial charge on any atom is -0.507 e. The number of phenolic OH excluding ortho intramolecular Hbond substituents is 1. The van der Waals surface area contributed by atoms with Crippen LogP contribution in [0.25, 0.3) is 0 Å². The molecule has 2 rings (SSSR count). The van der Waals surface area contributed by atoms with E-state index in [2.05, 4.69) is 5.32 Å². The molecule has 21 heavy (non-hydrogen) atoms. The quantitative estimate of drug-likeness (QED) is 0.840. The number of nitrogens with zero attached hydrogens (tertiary/aromatic N) is 1. The topological polar surface area (TPSA) is 35.5 Å². The van der Waals surface area contributed by atoms with Crippen LogP contribution in [0.15, 0.2) is 12.1 Å². The Morgan fingerprint density at radius 3 is 2.24 bits per heavy atom. The van der Waals surface area contributed by atoms with E-state index in [4.69, 9.17) is 23.2 Å². The molecule has 1 saturated heterocycles. The Hall–Kier alpha value is -0.400. The third kappa shape index (κ3) is 4.29. The highest BCUT2D eigenvalue weighted by Gasteiger charge is 2.47. The summed E-state index contributed by atoms with van der Waals surface area (Å²) in [5, 5.41) is 12.7. The number of alkyl halides is 3. The van der Waals surface area contributed by atoms with Crippen molar-refractivity contribution in [3.63, 3.8) is 0 Å². The summed E-state index contributed by atoms with van der Waals surface area (Å²) in [6, 6.07) is 0.345. The third-order valence-corrected chi connectivity index (χ3v) is 3.70. The summed E-state index contributed by atoms with van der Waals surface area (Å²) in [5.41, 5.74) is -0.342. The van der Waals surface area contributed by atoms with E-state index in [-0.39, 0.29) is 41.1 Å². The monoisotopic (exact) mass is 364 g/mol. The molecule has 1 aliphatic rings. The van der Waals surface area contributed by atoms with Gasteiger partial charge in [0.2, 0.25) is 0 Å². The second-order valence-electron chi connectivity index (χ2n) is 4.55. The fourth-order valence-corrected chi connectivity index (χ4v) is 2.92. The van der Waals surface area contributed by atoms with Crippen LogP contribution in [0.5, 0.6) is 5.75 Å². The van der Waals surface area contributed by atoms with Crippen molar-refractivity contribution in [1.82, 2.24) is 10.2 Å². The van der Waals surface area contributed by atoms with E-state index < -0.39 is 18.0 Å². The molecule has 1 aliphatic heterocycles. The number of rotatable bonds is 2. The van der Waals surface area contributed by atoms with E-state index in [0.717, 1.165) is 6.07 Å². The lowest BCUT2D eigenvalue weighted by molar-refractivity contribution is -0.188. The maximum atomic E-state index is 13.4. The van der Waals surface area contributed by atoms with Crippen molar-refractivity contribution in [1.29, 1.82) is 0 Å². The minimum atomic E-state index is -4.54. The third-order valence-electron chi connectivity index (χ3n) is 3.17. The summed E-state index contributed by atoms with van der Waals surface area (Å²) in [6.45, 7) is 1.36. The molecule has 1 heterocycles. The highest BCUT2D eigenvalue weighted by Crippen LogP contribution is 2.45. The molecule has 1 aromatic rings. The highest BCUT2D eigenvalue weighted by molar-refractivity contribution is 6.35. The fraction of sp³-hybridized carbons (Fsp3) is 0.500. The number of benzene rings is 1. The smallest absolute Gasteiger partial charge is 0.408 e. The molecule has 0 unspecified atom stereocenters. The van der Waals surface area contributed by atoms with Crippen LogP contribution in [0.1, 0.15) is 11.6 Å². The van der Waals surface area contributed by atoms with Crippen molar-refractivity contribution in [2.45, 2.75) is 12.2 Å². The zero-order valence-corrected chi connectivity index (χ0v) is 13.1. The second kappa shape index (κ2) is 7.24. The predicted octanol–water partition coefficient (Wildman–Crippen LogP) is 3.63. The van der Waals surface area contributed by atoms with Gasteiger partial charge in [-0.1, -0.05) is 23.2 Å². The molecule has 1 fully saturated rings. The van der Waals surface area contributed by atoms with E-state index >= 15 is 0 Å². The maximum Gasteiger partial charge on any atom is 0.408 e. The molecule has 0 spiro atoms. The van der Waals surface area contributed by atoms with E-state index in [1.165, 1.54) is 11.0 Å². The Morgan fingerprint density at radius 1 is 1.19 bits per heavy atom. The average Bonchev–Trinajstić information content (AvgIpc) is 2.33. The zero-order chi connectivity index (χ0) is 14.9. The molecule has 1 atom stereocenters. The van der Waals surface area contributed by atoms with Gasteiger partial charge >= 0.3 is 6.18 Å². The molecule has 0 aliphatic carbocycles. The molecule has 0 radical (unpaired) electrons. The SMILES string of the molecule is Cl.Oc1cc(Cl)cc(Cl)c1[C@H](N1CCNCC1)C(F)(F)F. The largest absolute Gasteiger partial charge is 0.507 e. The minimum absolute atomic E-state index is 0. The van der Waals surface area contributed by atoms with Gasteiger partial charge in [0.1, 0.15) is 11.8 Å². The van der Waals surface area contributed by atoms with E-state index in [1.807, 2.05) is 0 Å². The molecular formula is C12H14Cl3F3N2O. The van der Waals surface area contributed by atoms with Crippen molar-refractivity contribution >= 4 is 35.6 Å². The first kappa shape index (κ1) is 18.6. The number of hydrogen-bond acceptors (Lipinski definition) is 3. The van der Waals surface area contributed by atoms with Gasteiger partial charge in [-0.15, -0.1) is 12.4 Å². The molecule has 0 aromatic heterocycles. The van der Waals surface area contributed by atoms with Gasteiger partial charge in [-0.2, -0.15) is 13.2 Å². The molecule has 0 saturated carbocycles. The van der Waals surface area contributed by atoms with Crippen molar-refractivity contribution in [2.24, 2.45) is 0 Å².